The number of anilines is 4. The van der Waals surface area contributed by atoms with Gasteiger partial charge >= 0.3 is 0 Å². The lowest BCUT2D eigenvalue weighted by atomic mass is 10.1. The van der Waals surface area contributed by atoms with E-state index in [2.05, 4.69) is 20.9 Å². The summed E-state index contributed by atoms with van der Waals surface area (Å²) in [5.74, 6) is -0.516. The Morgan fingerprint density at radius 2 is 1.07 bits per heavy atom. The molecule has 0 unspecified atom stereocenters. The Labute approximate surface area is 232 Å². The zero-order chi connectivity index (χ0) is 27.9. The first kappa shape index (κ1) is 26.1. The fourth-order valence-electron chi connectivity index (χ4n) is 3.90. The fourth-order valence-corrected chi connectivity index (χ4v) is 3.90. The van der Waals surface area contributed by atoms with Gasteiger partial charge in [-0.2, -0.15) is 0 Å². The van der Waals surface area contributed by atoms with Gasteiger partial charge in [-0.05, 0) is 84.9 Å². The first-order valence-electron chi connectivity index (χ1n) is 12.7. The van der Waals surface area contributed by atoms with Crippen LogP contribution < -0.4 is 25.9 Å². The van der Waals surface area contributed by atoms with Gasteiger partial charge in [-0.15, -0.1) is 0 Å². The minimum absolute atomic E-state index is 0.255. The van der Waals surface area contributed by atoms with Crippen LogP contribution in [0.15, 0.2) is 127 Å². The van der Waals surface area contributed by atoms with Crippen molar-refractivity contribution in [1.29, 1.82) is 0 Å². The van der Waals surface area contributed by atoms with E-state index in [9.17, 15) is 9.59 Å². The second-order valence-electron chi connectivity index (χ2n) is 9.32. The summed E-state index contributed by atoms with van der Waals surface area (Å²) in [6.45, 7) is 0. The van der Waals surface area contributed by atoms with Gasteiger partial charge in [-0.25, -0.2) is 9.56 Å². The summed E-state index contributed by atoms with van der Waals surface area (Å²) in [5.41, 5.74) is 4.92. The van der Waals surface area contributed by atoms with Crippen LogP contribution in [0.4, 0.5) is 28.4 Å². The summed E-state index contributed by atoms with van der Waals surface area (Å²) < 4.78 is 3.91. The molecule has 0 bridgehead atoms. The van der Waals surface area contributed by atoms with Crippen molar-refractivity contribution in [3.63, 3.8) is 0 Å². The molecule has 0 radical (unpaired) electrons. The van der Waals surface area contributed by atoms with E-state index in [0.717, 1.165) is 22.4 Å². The van der Waals surface area contributed by atoms with Gasteiger partial charge < -0.3 is 20.5 Å². The Kier molecular flexibility index (Phi) is 7.78. The number of amides is 2. The van der Waals surface area contributed by atoms with Crippen LogP contribution in [-0.2, 0) is 14.1 Å². The van der Waals surface area contributed by atoms with E-state index in [1.807, 2.05) is 121 Å². The highest BCUT2D eigenvalue weighted by Gasteiger charge is 2.10. The topological polar surface area (TPSA) is 91.4 Å². The van der Waals surface area contributed by atoms with Gasteiger partial charge in [0.05, 0.1) is 16.7 Å². The Morgan fingerprint density at radius 3 is 1.60 bits per heavy atom. The van der Waals surface area contributed by atoms with E-state index in [4.69, 9.17) is 0 Å². The molecule has 5 aromatic rings. The van der Waals surface area contributed by atoms with Gasteiger partial charge in [0, 0.05) is 59.8 Å². The first-order chi connectivity index (χ1) is 19.4. The van der Waals surface area contributed by atoms with Crippen molar-refractivity contribution < 1.29 is 14.2 Å². The van der Waals surface area contributed by atoms with Crippen molar-refractivity contribution in [3.8, 4) is 0 Å². The van der Waals surface area contributed by atoms with Gasteiger partial charge in [-0.1, -0.05) is 0 Å². The highest BCUT2D eigenvalue weighted by atomic mass is 16.2. The Morgan fingerprint density at radius 1 is 0.625 bits per heavy atom. The molecule has 0 spiro atoms. The van der Waals surface area contributed by atoms with Crippen LogP contribution in [0.2, 0.25) is 0 Å². The normalized spacial score (nSPS) is 10.4. The molecule has 3 aromatic carbocycles. The maximum atomic E-state index is 12.7. The second kappa shape index (κ2) is 11.9. The number of nitrogens with zero attached hydrogens (tertiary/aromatic N) is 3. The number of rotatable bonds is 7. The minimum atomic E-state index is -0.262. The van der Waals surface area contributed by atoms with Crippen LogP contribution in [-0.4, -0.2) is 16.4 Å². The molecule has 8 heteroatoms. The van der Waals surface area contributed by atoms with E-state index >= 15 is 0 Å². The molecule has 2 heterocycles. The van der Waals surface area contributed by atoms with E-state index in [1.165, 1.54) is 0 Å². The maximum absolute atomic E-state index is 12.7. The van der Waals surface area contributed by atoms with Crippen molar-refractivity contribution in [2.75, 3.05) is 16.0 Å². The van der Waals surface area contributed by atoms with Crippen LogP contribution in [0.25, 0.3) is 0 Å². The first-order valence-corrected chi connectivity index (χ1v) is 12.7. The molecule has 2 amide bonds. The molecule has 0 aliphatic heterocycles. The monoisotopic (exact) mass is 529 g/mol. The zero-order valence-electron chi connectivity index (χ0n) is 22.2. The number of aromatic nitrogens is 2. The fraction of sp³-hybridized carbons (Fsp3) is 0.0625. The molecule has 0 atom stereocenters. The Bertz CT molecular complexity index is 1670. The van der Waals surface area contributed by atoms with Gasteiger partial charge in [0.25, 0.3) is 11.8 Å². The van der Waals surface area contributed by atoms with Gasteiger partial charge in [-0.3, -0.25) is 9.59 Å². The van der Waals surface area contributed by atoms with E-state index in [1.54, 1.807) is 24.3 Å². The SMILES string of the molecule is Cn1ccc(=Nc2ccc(NC(=O)c3ccc(C(=O)Nc4ccc(Nc5cc[n+](C)cc5)cc4)cc3)cc2)cc1. The largest absolute Gasteiger partial charge is 0.357 e. The molecule has 8 nitrogen and oxygen atoms in total. The molecule has 3 N–H and O–H groups in total. The van der Waals surface area contributed by atoms with Crippen LogP contribution in [0, 0.1) is 0 Å². The lowest BCUT2D eigenvalue weighted by Gasteiger charge is -2.09. The quantitative estimate of drug-likeness (QED) is 0.249. The van der Waals surface area contributed by atoms with Crippen molar-refractivity contribution in [3.05, 3.63) is 138 Å². The summed E-state index contributed by atoms with van der Waals surface area (Å²) in [5, 5.41) is 9.94. The average molecular weight is 530 g/mol. The highest BCUT2D eigenvalue weighted by molar-refractivity contribution is 6.07. The number of carbonyl (C=O) groups is 2. The van der Waals surface area contributed by atoms with Crippen LogP contribution in [0.5, 0.6) is 0 Å². The van der Waals surface area contributed by atoms with E-state index in [0.29, 0.717) is 22.5 Å². The van der Waals surface area contributed by atoms with Crippen molar-refractivity contribution in [2.45, 2.75) is 0 Å². The molecule has 2 aromatic heterocycles. The molecule has 0 aliphatic rings. The smallest absolute Gasteiger partial charge is 0.255 e. The van der Waals surface area contributed by atoms with Crippen LogP contribution in [0.3, 0.4) is 0 Å². The summed E-state index contributed by atoms with van der Waals surface area (Å²) >= 11 is 0. The third-order valence-corrected chi connectivity index (χ3v) is 6.16. The molecule has 0 saturated carbocycles. The second-order valence-corrected chi connectivity index (χ2v) is 9.32. The molecular weight excluding hydrogens is 500 g/mol. The van der Waals surface area contributed by atoms with E-state index in [-0.39, 0.29) is 11.8 Å². The summed E-state index contributed by atoms with van der Waals surface area (Å²) in [6, 6.07) is 29.2. The molecule has 40 heavy (non-hydrogen) atoms. The minimum Gasteiger partial charge on any atom is -0.357 e. The lowest BCUT2D eigenvalue weighted by molar-refractivity contribution is -0.671. The van der Waals surface area contributed by atoms with Crippen molar-refractivity contribution in [1.82, 2.24) is 4.57 Å². The van der Waals surface area contributed by atoms with Gasteiger partial charge in [0.1, 0.15) is 7.05 Å². The summed E-state index contributed by atoms with van der Waals surface area (Å²) in [7, 11) is 3.92. The summed E-state index contributed by atoms with van der Waals surface area (Å²) in [4.78, 5) is 30.0. The number of carbonyl (C=O) groups excluding carboxylic acids is 2. The van der Waals surface area contributed by atoms with Gasteiger partial charge in [0.15, 0.2) is 12.4 Å². The van der Waals surface area contributed by atoms with Crippen molar-refractivity contribution >= 4 is 40.3 Å². The maximum Gasteiger partial charge on any atom is 0.255 e. The molecule has 0 fully saturated rings. The molecular formula is C32H29N6O2+. The van der Waals surface area contributed by atoms with Crippen LogP contribution in [0.1, 0.15) is 20.7 Å². The molecule has 0 saturated heterocycles. The predicted octanol–water partition coefficient (Wildman–Crippen LogP) is 5.33. The zero-order valence-corrected chi connectivity index (χ0v) is 22.2. The Balaban J connectivity index is 1.15. The van der Waals surface area contributed by atoms with Gasteiger partial charge in [0.2, 0.25) is 0 Å². The number of benzene rings is 3. The Hall–Kier alpha value is -5.50. The number of aryl methyl sites for hydroxylation is 2. The number of pyridine rings is 2. The third-order valence-electron chi connectivity index (χ3n) is 6.16. The summed E-state index contributed by atoms with van der Waals surface area (Å²) in [6.07, 6.45) is 7.80. The average Bonchev–Trinajstić information content (AvgIpc) is 2.97. The predicted molar refractivity (Wildman–Crippen MR) is 157 cm³/mol. The lowest BCUT2D eigenvalue weighted by Crippen LogP contribution is -2.25. The van der Waals surface area contributed by atoms with Crippen molar-refractivity contribution in [2.24, 2.45) is 19.1 Å². The molecule has 0 aliphatic carbocycles. The third kappa shape index (κ3) is 6.87. The van der Waals surface area contributed by atoms with E-state index < -0.39 is 0 Å². The molecule has 5 rings (SSSR count). The molecule has 198 valence electrons. The highest BCUT2D eigenvalue weighted by Crippen LogP contribution is 2.20. The number of hydrogen-bond acceptors (Lipinski definition) is 4. The number of nitrogens with one attached hydrogen (secondary N) is 3. The standard InChI is InChI=1S/C32H28N6O2/c1-37-19-15-29(16-20-37)33-25-7-11-27(12-8-25)35-31(39)23-3-5-24(6-4-23)32(40)36-28-13-9-26(10-14-28)34-30-17-21-38(2)22-18-30/h3-22H,1-2H3,(H2,35,36,39,40)/p+1. The number of hydrogen-bond donors (Lipinski definition) is 3. The van der Waals surface area contributed by atoms with Crippen LogP contribution >= 0.6 is 0 Å².